The van der Waals surface area contributed by atoms with Gasteiger partial charge in [0.25, 0.3) is 0 Å². The molecule has 0 amide bonds. The highest BCUT2D eigenvalue weighted by Gasteiger charge is 2.13. The van der Waals surface area contributed by atoms with Crippen LogP contribution in [0.1, 0.15) is 40.8 Å². The molecule has 0 bridgehead atoms. The van der Waals surface area contributed by atoms with E-state index in [1.165, 1.54) is 6.20 Å². The number of aromatic carboxylic acids is 1. The molecule has 0 radical (unpaired) electrons. The number of carboxylic acids is 1. The molecule has 1 heterocycles. The predicted molar refractivity (Wildman–Crippen MR) is 79.9 cm³/mol. The van der Waals surface area contributed by atoms with E-state index in [-0.39, 0.29) is 5.56 Å². The minimum Gasteiger partial charge on any atom is -0.478 e. The molecule has 0 saturated carbocycles. The van der Waals surface area contributed by atoms with Gasteiger partial charge in [-0.05, 0) is 24.1 Å². The fraction of sp³-hybridized carbons (Fsp3) is 0.267. The zero-order chi connectivity index (χ0) is 14.5. The number of hydrogen-bond acceptors (Lipinski definition) is 3. The van der Waals surface area contributed by atoms with Crippen molar-refractivity contribution in [1.82, 2.24) is 9.97 Å². The van der Waals surface area contributed by atoms with E-state index in [1.807, 2.05) is 31.2 Å². The van der Waals surface area contributed by atoms with E-state index >= 15 is 0 Å². The molecule has 0 aliphatic rings. The van der Waals surface area contributed by atoms with Crippen molar-refractivity contribution in [3.05, 3.63) is 57.6 Å². The topological polar surface area (TPSA) is 63.1 Å². The summed E-state index contributed by atoms with van der Waals surface area (Å²) in [4.78, 5) is 19.7. The first-order valence-electron chi connectivity index (χ1n) is 6.42. The standard InChI is InChI=1S/C15H15BrN2O2/c1-2-3-13-12(15(19)20)9-17-14(18-13)8-10-4-6-11(16)7-5-10/h4-7,9H,2-3,8H2,1H3,(H,19,20). The highest BCUT2D eigenvalue weighted by molar-refractivity contribution is 9.10. The quantitative estimate of drug-likeness (QED) is 0.909. The average Bonchev–Trinajstić information content (AvgIpc) is 2.42. The van der Waals surface area contributed by atoms with Crippen molar-refractivity contribution in [2.45, 2.75) is 26.2 Å². The molecule has 0 fully saturated rings. The summed E-state index contributed by atoms with van der Waals surface area (Å²) in [7, 11) is 0. The van der Waals surface area contributed by atoms with Crippen molar-refractivity contribution >= 4 is 21.9 Å². The van der Waals surface area contributed by atoms with Crippen LogP contribution in [0.5, 0.6) is 0 Å². The summed E-state index contributed by atoms with van der Waals surface area (Å²) < 4.78 is 1.02. The maximum atomic E-state index is 11.1. The van der Waals surface area contributed by atoms with Crippen LogP contribution in [0.4, 0.5) is 0 Å². The summed E-state index contributed by atoms with van der Waals surface area (Å²) in [6.45, 7) is 2.00. The molecule has 0 atom stereocenters. The van der Waals surface area contributed by atoms with Gasteiger partial charge in [-0.3, -0.25) is 0 Å². The average molecular weight is 335 g/mol. The van der Waals surface area contributed by atoms with Gasteiger partial charge in [0.15, 0.2) is 0 Å². The molecule has 0 unspecified atom stereocenters. The number of aromatic nitrogens is 2. The van der Waals surface area contributed by atoms with Crippen LogP contribution >= 0.6 is 15.9 Å². The molecule has 2 aromatic rings. The second kappa shape index (κ2) is 6.61. The Hall–Kier alpha value is -1.75. The van der Waals surface area contributed by atoms with Crippen molar-refractivity contribution in [1.29, 1.82) is 0 Å². The van der Waals surface area contributed by atoms with Crippen LogP contribution in [0, 0.1) is 0 Å². The van der Waals surface area contributed by atoms with Crippen molar-refractivity contribution in [2.24, 2.45) is 0 Å². The molecule has 0 aliphatic heterocycles. The first kappa shape index (κ1) is 14.7. The number of carboxylic acid groups (broad SMARTS) is 1. The van der Waals surface area contributed by atoms with E-state index in [1.54, 1.807) is 0 Å². The Kier molecular flexibility index (Phi) is 4.84. The normalized spacial score (nSPS) is 10.5. The number of hydrogen-bond donors (Lipinski definition) is 1. The van der Waals surface area contributed by atoms with Crippen LogP contribution < -0.4 is 0 Å². The molecule has 1 N–H and O–H groups in total. The van der Waals surface area contributed by atoms with Gasteiger partial charge in [0.2, 0.25) is 0 Å². The molecule has 0 spiro atoms. The lowest BCUT2D eigenvalue weighted by atomic mass is 10.1. The third kappa shape index (κ3) is 3.63. The van der Waals surface area contributed by atoms with Crippen molar-refractivity contribution in [3.8, 4) is 0 Å². The van der Waals surface area contributed by atoms with E-state index in [0.29, 0.717) is 24.4 Å². The molecule has 104 valence electrons. The van der Waals surface area contributed by atoms with Gasteiger partial charge >= 0.3 is 5.97 Å². The summed E-state index contributed by atoms with van der Waals surface area (Å²) >= 11 is 3.39. The fourth-order valence-corrected chi connectivity index (χ4v) is 2.20. The fourth-order valence-electron chi connectivity index (χ4n) is 1.93. The molecule has 1 aromatic heterocycles. The van der Waals surface area contributed by atoms with Crippen LogP contribution in [-0.2, 0) is 12.8 Å². The molecular formula is C15H15BrN2O2. The number of aryl methyl sites for hydroxylation is 1. The first-order valence-corrected chi connectivity index (χ1v) is 7.22. The van der Waals surface area contributed by atoms with Gasteiger partial charge in [-0.1, -0.05) is 41.4 Å². The maximum Gasteiger partial charge on any atom is 0.339 e. The van der Waals surface area contributed by atoms with Crippen LogP contribution in [0.15, 0.2) is 34.9 Å². The van der Waals surface area contributed by atoms with Crippen LogP contribution in [0.25, 0.3) is 0 Å². The van der Waals surface area contributed by atoms with Gasteiger partial charge in [0, 0.05) is 17.1 Å². The molecule has 20 heavy (non-hydrogen) atoms. The summed E-state index contributed by atoms with van der Waals surface area (Å²) in [6, 6.07) is 7.93. The Bertz CT molecular complexity index is 612. The van der Waals surface area contributed by atoms with Crippen LogP contribution in [0.3, 0.4) is 0 Å². The number of halogens is 1. The summed E-state index contributed by atoms with van der Waals surface area (Å²) in [5.74, 6) is -0.315. The van der Waals surface area contributed by atoms with E-state index in [0.717, 1.165) is 16.5 Å². The highest BCUT2D eigenvalue weighted by atomic mass is 79.9. The van der Waals surface area contributed by atoms with E-state index in [9.17, 15) is 4.79 Å². The minimum atomic E-state index is -0.969. The summed E-state index contributed by atoms with van der Waals surface area (Å²) in [5, 5.41) is 9.12. The van der Waals surface area contributed by atoms with Crippen molar-refractivity contribution in [3.63, 3.8) is 0 Å². The molecule has 5 heteroatoms. The molecule has 0 aliphatic carbocycles. The number of rotatable bonds is 5. The first-order chi connectivity index (χ1) is 9.60. The van der Waals surface area contributed by atoms with Gasteiger partial charge < -0.3 is 5.11 Å². The van der Waals surface area contributed by atoms with E-state index in [2.05, 4.69) is 25.9 Å². The summed E-state index contributed by atoms with van der Waals surface area (Å²) in [5.41, 5.74) is 1.91. The van der Waals surface area contributed by atoms with E-state index < -0.39 is 5.97 Å². The molecule has 0 saturated heterocycles. The second-order valence-electron chi connectivity index (χ2n) is 4.50. The van der Waals surface area contributed by atoms with Gasteiger partial charge in [-0.2, -0.15) is 0 Å². The monoisotopic (exact) mass is 334 g/mol. The Morgan fingerprint density at radius 1 is 1.30 bits per heavy atom. The zero-order valence-electron chi connectivity index (χ0n) is 11.1. The Balaban J connectivity index is 2.26. The molecule has 4 nitrogen and oxygen atoms in total. The third-order valence-electron chi connectivity index (χ3n) is 2.91. The van der Waals surface area contributed by atoms with Gasteiger partial charge in [-0.15, -0.1) is 0 Å². The Morgan fingerprint density at radius 2 is 2.00 bits per heavy atom. The lowest BCUT2D eigenvalue weighted by molar-refractivity contribution is 0.0694. The number of benzene rings is 1. The lowest BCUT2D eigenvalue weighted by Gasteiger charge is -2.07. The minimum absolute atomic E-state index is 0.200. The lowest BCUT2D eigenvalue weighted by Crippen LogP contribution is -2.09. The zero-order valence-corrected chi connectivity index (χ0v) is 12.7. The largest absolute Gasteiger partial charge is 0.478 e. The van der Waals surface area contributed by atoms with Gasteiger partial charge in [-0.25, -0.2) is 14.8 Å². The molecule has 1 aromatic carbocycles. The molecule has 2 rings (SSSR count). The highest BCUT2D eigenvalue weighted by Crippen LogP contribution is 2.14. The van der Waals surface area contributed by atoms with Crippen LogP contribution in [0.2, 0.25) is 0 Å². The number of nitrogens with zero attached hydrogens (tertiary/aromatic N) is 2. The Labute approximate surface area is 126 Å². The smallest absolute Gasteiger partial charge is 0.339 e. The van der Waals surface area contributed by atoms with Crippen molar-refractivity contribution in [2.75, 3.05) is 0 Å². The Morgan fingerprint density at radius 3 is 2.60 bits per heavy atom. The van der Waals surface area contributed by atoms with Gasteiger partial charge in [0.1, 0.15) is 5.82 Å². The number of carbonyl (C=O) groups is 1. The van der Waals surface area contributed by atoms with Gasteiger partial charge in [0.05, 0.1) is 11.3 Å². The predicted octanol–water partition coefficient (Wildman–Crippen LogP) is 3.48. The van der Waals surface area contributed by atoms with Crippen LogP contribution in [-0.4, -0.2) is 21.0 Å². The van der Waals surface area contributed by atoms with Crippen molar-refractivity contribution < 1.29 is 9.90 Å². The van der Waals surface area contributed by atoms with E-state index in [4.69, 9.17) is 5.11 Å². The summed E-state index contributed by atoms with van der Waals surface area (Å²) in [6.07, 6.45) is 3.52. The third-order valence-corrected chi connectivity index (χ3v) is 3.44. The molecular weight excluding hydrogens is 320 g/mol. The maximum absolute atomic E-state index is 11.1. The second-order valence-corrected chi connectivity index (χ2v) is 5.42. The SMILES string of the molecule is CCCc1nc(Cc2ccc(Br)cc2)ncc1C(=O)O.